The van der Waals surface area contributed by atoms with Gasteiger partial charge in [0.05, 0.1) is 17.7 Å². The lowest BCUT2D eigenvalue weighted by atomic mass is 10.1. The van der Waals surface area contributed by atoms with Crippen molar-refractivity contribution in [1.29, 1.82) is 0 Å². The summed E-state index contributed by atoms with van der Waals surface area (Å²) in [4.78, 5) is 25.1. The van der Waals surface area contributed by atoms with Crippen LogP contribution in [0.3, 0.4) is 0 Å². The van der Waals surface area contributed by atoms with Gasteiger partial charge in [-0.05, 0) is 54.6 Å². The maximum atomic E-state index is 11.9. The number of amides is 1. The maximum absolute atomic E-state index is 11.9. The van der Waals surface area contributed by atoms with Gasteiger partial charge in [0.25, 0.3) is 5.91 Å². The number of pyridine rings is 1. The van der Waals surface area contributed by atoms with Gasteiger partial charge in [-0.3, -0.25) is 4.79 Å². The molecule has 1 N–H and O–H groups in total. The third-order valence-corrected chi connectivity index (χ3v) is 5.28. The number of hydrogen-bond acceptors (Lipinski definition) is 6. The fraction of sp³-hybridized carbons (Fsp3) is 0.364. The molecule has 0 saturated carbocycles. The van der Waals surface area contributed by atoms with Crippen LogP contribution in [0.4, 0.5) is 0 Å². The van der Waals surface area contributed by atoms with Gasteiger partial charge in [-0.25, -0.2) is 4.98 Å². The third kappa shape index (κ3) is 4.52. The fourth-order valence-electron chi connectivity index (χ4n) is 3.46. The Hall–Kier alpha value is -2.77. The van der Waals surface area contributed by atoms with E-state index in [4.69, 9.17) is 21.1 Å². The summed E-state index contributed by atoms with van der Waals surface area (Å²) < 4.78 is 11.8. The first kappa shape index (κ1) is 20.5. The lowest BCUT2D eigenvalue weighted by Crippen LogP contribution is -2.22. The van der Waals surface area contributed by atoms with Crippen molar-refractivity contribution in [2.75, 3.05) is 20.3 Å². The third-order valence-electron chi connectivity index (χ3n) is 5.11. The minimum absolute atomic E-state index is 0.0733. The van der Waals surface area contributed by atoms with Crippen molar-refractivity contribution in [3.63, 3.8) is 0 Å². The molecule has 156 valence electrons. The monoisotopic (exact) mass is 426 g/mol. The van der Waals surface area contributed by atoms with E-state index in [0.29, 0.717) is 40.7 Å². The van der Waals surface area contributed by atoms with Gasteiger partial charge < -0.3 is 14.8 Å². The Balaban J connectivity index is 1.66. The number of benzene rings is 1. The maximum Gasteiger partial charge on any atom is 0.251 e. The average molecular weight is 427 g/mol. The van der Waals surface area contributed by atoms with Crippen LogP contribution >= 0.6 is 11.6 Å². The van der Waals surface area contributed by atoms with Gasteiger partial charge in [0, 0.05) is 24.8 Å². The van der Waals surface area contributed by atoms with Crippen LogP contribution in [0.5, 0.6) is 5.88 Å². The average Bonchev–Trinajstić information content (AvgIpc) is 2.96. The molecule has 1 amide bonds. The molecule has 3 aromatic rings. The molecule has 0 spiro atoms. The van der Waals surface area contributed by atoms with Gasteiger partial charge in [0.2, 0.25) is 11.2 Å². The number of nitrogens with one attached hydrogen (secondary N) is 1. The number of rotatable bonds is 4. The molecule has 30 heavy (non-hydrogen) atoms. The van der Waals surface area contributed by atoms with Gasteiger partial charge in [-0.15, -0.1) is 0 Å². The number of hydrogen-bond donors (Lipinski definition) is 1. The summed E-state index contributed by atoms with van der Waals surface area (Å²) in [6.07, 6.45) is 1.83. The summed E-state index contributed by atoms with van der Waals surface area (Å²) in [5.74, 6) is 0.768. The Morgan fingerprint density at radius 1 is 1.17 bits per heavy atom. The van der Waals surface area contributed by atoms with E-state index in [9.17, 15) is 4.79 Å². The van der Waals surface area contributed by atoms with Crippen LogP contribution < -0.4 is 10.1 Å². The van der Waals surface area contributed by atoms with Crippen LogP contribution in [0.2, 0.25) is 5.28 Å². The van der Waals surface area contributed by atoms with Gasteiger partial charge in [0.1, 0.15) is 6.10 Å². The van der Waals surface area contributed by atoms with Crippen molar-refractivity contribution >= 4 is 28.5 Å². The van der Waals surface area contributed by atoms with Crippen molar-refractivity contribution in [2.24, 2.45) is 5.92 Å². The molecule has 2 atom stereocenters. The predicted octanol–water partition coefficient (Wildman–Crippen LogP) is 3.90. The van der Waals surface area contributed by atoms with E-state index in [2.05, 4.69) is 27.2 Å². The number of carbonyl (C=O) groups excluding carboxylic acids is 1. The number of nitrogens with zero attached hydrogens (tertiary/aromatic N) is 3. The number of ether oxygens (including phenoxy) is 2. The highest BCUT2D eigenvalue weighted by Gasteiger charge is 2.21. The van der Waals surface area contributed by atoms with Gasteiger partial charge in [-0.1, -0.05) is 19.1 Å². The molecule has 3 heterocycles. The Labute approximate surface area is 179 Å². The van der Waals surface area contributed by atoms with Crippen LogP contribution in [0.1, 0.15) is 30.1 Å². The van der Waals surface area contributed by atoms with Crippen molar-refractivity contribution in [3.05, 3.63) is 47.2 Å². The first-order chi connectivity index (χ1) is 14.5. The van der Waals surface area contributed by atoms with E-state index in [1.165, 1.54) is 0 Å². The van der Waals surface area contributed by atoms with Crippen LogP contribution in [-0.4, -0.2) is 47.2 Å². The van der Waals surface area contributed by atoms with E-state index in [1.807, 2.05) is 24.3 Å². The number of halogens is 1. The molecule has 8 heteroatoms. The minimum Gasteiger partial charge on any atom is -0.471 e. The zero-order valence-corrected chi connectivity index (χ0v) is 17.6. The predicted molar refractivity (Wildman–Crippen MR) is 115 cm³/mol. The smallest absolute Gasteiger partial charge is 0.251 e. The van der Waals surface area contributed by atoms with E-state index >= 15 is 0 Å². The van der Waals surface area contributed by atoms with E-state index in [-0.39, 0.29) is 17.3 Å². The lowest BCUT2D eigenvalue weighted by molar-refractivity contribution is 0.0560. The molecule has 2 unspecified atom stereocenters. The second-order valence-electron chi connectivity index (χ2n) is 7.49. The zero-order chi connectivity index (χ0) is 21.1. The molecule has 0 aliphatic carbocycles. The SMILES string of the molecule is CNC(=O)c1cccc(-c2ccc3c(OC4CCC(C)COC4)nc(Cl)nc3n2)c1. The molecular formula is C22H23ClN4O3. The summed E-state index contributed by atoms with van der Waals surface area (Å²) in [7, 11) is 1.60. The molecule has 1 aromatic carbocycles. The Morgan fingerprint density at radius 2 is 2.03 bits per heavy atom. The summed E-state index contributed by atoms with van der Waals surface area (Å²) in [5, 5.41) is 3.38. The Morgan fingerprint density at radius 3 is 2.87 bits per heavy atom. The van der Waals surface area contributed by atoms with Crippen molar-refractivity contribution in [1.82, 2.24) is 20.3 Å². The van der Waals surface area contributed by atoms with Gasteiger partial charge in [0.15, 0.2) is 5.65 Å². The summed E-state index contributed by atoms with van der Waals surface area (Å²) >= 11 is 6.15. The van der Waals surface area contributed by atoms with Crippen molar-refractivity contribution in [3.8, 4) is 17.1 Å². The first-order valence-corrected chi connectivity index (χ1v) is 10.3. The molecule has 1 fully saturated rings. The van der Waals surface area contributed by atoms with Crippen LogP contribution in [0.25, 0.3) is 22.3 Å². The molecule has 0 bridgehead atoms. The molecule has 2 aromatic heterocycles. The van der Waals surface area contributed by atoms with Crippen LogP contribution in [-0.2, 0) is 4.74 Å². The lowest BCUT2D eigenvalue weighted by Gasteiger charge is -2.17. The molecule has 1 aliphatic heterocycles. The molecule has 0 radical (unpaired) electrons. The zero-order valence-electron chi connectivity index (χ0n) is 16.9. The fourth-order valence-corrected chi connectivity index (χ4v) is 3.62. The highest BCUT2D eigenvalue weighted by molar-refractivity contribution is 6.28. The topological polar surface area (TPSA) is 86.2 Å². The quantitative estimate of drug-likeness (QED) is 0.637. The Kier molecular flexibility index (Phi) is 6.11. The van der Waals surface area contributed by atoms with E-state index in [1.54, 1.807) is 19.2 Å². The standard InChI is InChI=1S/C22H23ClN4O3/c1-13-6-7-16(12-29-11-13)30-21-17-8-9-18(25-19(17)26-22(23)27-21)14-4-3-5-15(10-14)20(28)24-2/h3-5,8-10,13,16H,6-7,11-12H2,1-2H3,(H,24,28). The van der Waals surface area contributed by atoms with E-state index in [0.717, 1.165) is 25.0 Å². The second kappa shape index (κ2) is 8.93. The largest absolute Gasteiger partial charge is 0.471 e. The highest BCUT2D eigenvalue weighted by atomic mass is 35.5. The molecule has 4 rings (SSSR count). The molecule has 1 aliphatic rings. The molecule has 1 saturated heterocycles. The normalized spacial score (nSPS) is 19.3. The second-order valence-corrected chi connectivity index (χ2v) is 7.82. The highest BCUT2D eigenvalue weighted by Crippen LogP contribution is 2.29. The van der Waals surface area contributed by atoms with E-state index < -0.39 is 0 Å². The first-order valence-electron chi connectivity index (χ1n) is 9.94. The van der Waals surface area contributed by atoms with Gasteiger partial charge >= 0.3 is 0 Å². The molecule has 7 nitrogen and oxygen atoms in total. The number of carbonyl (C=O) groups is 1. The number of fused-ring (bicyclic) bond motifs is 1. The van der Waals surface area contributed by atoms with Crippen LogP contribution in [0.15, 0.2) is 36.4 Å². The van der Waals surface area contributed by atoms with Crippen molar-refractivity contribution in [2.45, 2.75) is 25.9 Å². The summed E-state index contributed by atoms with van der Waals surface area (Å²) in [6, 6.07) is 11.0. The van der Waals surface area contributed by atoms with Gasteiger partial charge in [-0.2, -0.15) is 9.97 Å². The minimum atomic E-state index is -0.154. The summed E-state index contributed by atoms with van der Waals surface area (Å²) in [6.45, 7) is 3.43. The summed E-state index contributed by atoms with van der Waals surface area (Å²) in [5.41, 5.74) is 2.49. The van der Waals surface area contributed by atoms with Crippen molar-refractivity contribution < 1.29 is 14.3 Å². The Bertz CT molecular complexity index is 1080. The molecular weight excluding hydrogens is 404 g/mol. The number of aromatic nitrogens is 3. The van der Waals surface area contributed by atoms with Crippen LogP contribution in [0, 0.1) is 5.92 Å².